The highest BCUT2D eigenvalue weighted by Gasteiger charge is 2.29. The third kappa shape index (κ3) is 4.97. The minimum absolute atomic E-state index is 0.170. The first-order chi connectivity index (χ1) is 14.2. The van der Waals surface area contributed by atoms with E-state index in [9.17, 15) is 4.79 Å². The Balaban J connectivity index is 1.28. The molecule has 2 aromatic rings. The van der Waals surface area contributed by atoms with Crippen molar-refractivity contribution in [2.45, 2.75) is 32.4 Å². The van der Waals surface area contributed by atoms with E-state index in [-0.39, 0.29) is 6.09 Å². The summed E-state index contributed by atoms with van der Waals surface area (Å²) >= 11 is 0. The Hall–Kier alpha value is -2.38. The number of amides is 1. The van der Waals surface area contributed by atoms with Gasteiger partial charge in [0, 0.05) is 57.7 Å². The monoisotopic (exact) mass is 397 g/mol. The summed E-state index contributed by atoms with van der Waals surface area (Å²) in [5, 5.41) is 4.29. The number of likely N-dealkylation sites (tertiary alicyclic amines) is 1. The Morgan fingerprint density at radius 3 is 2.62 bits per heavy atom. The van der Waals surface area contributed by atoms with Crippen LogP contribution in [0.2, 0.25) is 0 Å². The molecule has 0 aliphatic carbocycles. The molecule has 1 atom stereocenters. The lowest BCUT2D eigenvalue weighted by atomic mass is 10.0. The molecule has 7 heteroatoms. The number of rotatable bonds is 5. The van der Waals surface area contributed by atoms with Crippen LogP contribution in [0.25, 0.3) is 5.69 Å². The van der Waals surface area contributed by atoms with E-state index in [1.165, 1.54) is 18.4 Å². The molecule has 2 saturated heterocycles. The van der Waals surface area contributed by atoms with E-state index in [0.717, 1.165) is 51.5 Å². The summed E-state index contributed by atoms with van der Waals surface area (Å²) in [7, 11) is 0. The van der Waals surface area contributed by atoms with E-state index in [0.29, 0.717) is 12.6 Å². The summed E-state index contributed by atoms with van der Waals surface area (Å²) in [4.78, 5) is 18.9. The number of carbonyl (C=O) groups excluding carboxylic acids is 1. The molecule has 0 N–H and O–H groups in total. The number of carbonyl (C=O) groups is 1. The van der Waals surface area contributed by atoms with Gasteiger partial charge in [-0.3, -0.25) is 9.80 Å². The van der Waals surface area contributed by atoms with E-state index in [1.807, 2.05) is 28.8 Å². The first-order valence-electron chi connectivity index (χ1n) is 10.7. The zero-order valence-electron chi connectivity index (χ0n) is 17.2. The molecule has 2 aliphatic heterocycles. The van der Waals surface area contributed by atoms with E-state index < -0.39 is 0 Å². The molecule has 2 fully saturated rings. The summed E-state index contributed by atoms with van der Waals surface area (Å²) in [6.45, 7) is 8.95. The molecular formula is C22H31N5O2. The molecular weight excluding hydrogens is 366 g/mol. The van der Waals surface area contributed by atoms with Crippen molar-refractivity contribution in [1.29, 1.82) is 0 Å². The standard InChI is InChI=1S/C22H31N5O2/c1-2-29-22(28)26-15-13-25(14-16-26)21-5-3-11-24(18-21)17-19-6-8-20(9-7-19)27-12-4-10-23-27/h4,6-10,12,21H,2-3,5,11,13-18H2,1H3/t21-/m0/s1. The van der Waals surface area contributed by atoms with Gasteiger partial charge in [-0.25, -0.2) is 9.48 Å². The Kier molecular flexibility index (Phi) is 6.46. The Bertz CT molecular complexity index is 769. The molecule has 0 saturated carbocycles. The van der Waals surface area contributed by atoms with Gasteiger partial charge in [-0.1, -0.05) is 12.1 Å². The topological polar surface area (TPSA) is 53.8 Å². The maximum absolute atomic E-state index is 11.9. The zero-order chi connectivity index (χ0) is 20.1. The van der Waals surface area contributed by atoms with Crippen LogP contribution in [-0.4, -0.2) is 82.5 Å². The van der Waals surface area contributed by atoms with Gasteiger partial charge >= 0.3 is 6.09 Å². The predicted octanol–water partition coefficient (Wildman–Crippen LogP) is 2.61. The average molecular weight is 398 g/mol. The van der Waals surface area contributed by atoms with Crippen molar-refractivity contribution in [1.82, 2.24) is 24.5 Å². The number of hydrogen-bond acceptors (Lipinski definition) is 5. The minimum Gasteiger partial charge on any atom is -0.450 e. The van der Waals surface area contributed by atoms with Crippen LogP contribution in [0.5, 0.6) is 0 Å². The second-order valence-electron chi connectivity index (χ2n) is 7.87. The van der Waals surface area contributed by atoms with Crippen LogP contribution in [0.1, 0.15) is 25.3 Å². The first-order valence-corrected chi connectivity index (χ1v) is 10.7. The maximum Gasteiger partial charge on any atom is 0.409 e. The van der Waals surface area contributed by atoms with Crippen LogP contribution in [0, 0.1) is 0 Å². The van der Waals surface area contributed by atoms with Crippen LogP contribution in [0.4, 0.5) is 4.79 Å². The first kappa shape index (κ1) is 19.9. The fraction of sp³-hybridized carbons (Fsp3) is 0.545. The van der Waals surface area contributed by atoms with Crippen LogP contribution in [0.3, 0.4) is 0 Å². The van der Waals surface area contributed by atoms with Gasteiger partial charge in [0.05, 0.1) is 12.3 Å². The van der Waals surface area contributed by atoms with E-state index in [1.54, 1.807) is 6.20 Å². The van der Waals surface area contributed by atoms with Crippen LogP contribution in [0.15, 0.2) is 42.7 Å². The molecule has 29 heavy (non-hydrogen) atoms. The van der Waals surface area contributed by atoms with Crippen molar-refractivity contribution in [2.75, 3.05) is 45.9 Å². The van der Waals surface area contributed by atoms with Gasteiger partial charge in [0.25, 0.3) is 0 Å². The lowest BCUT2D eigenvalue weighted by Crippen LogP contribution is -2.55. The van der Waals surface area contributed by atoms with Gasteiger partial charge in [0.2, 0.25) is 0 Å². The van der Waals surface area contributed by atoms with Crippen molar-refractivity contribution in [3.63, 3.8) is 0 Å². The molecule has 2 aliphatic rings. The summed E-state index contributed by atoms with van der Waals surface area (Å²) in [6, 6.07) is 11.2. The normalized spacial score (nSPS) is 21.3. The van der Waals surface area contributed by atoms with Gasteiger partial charge in [0.1, 0.15) is 0 Å². The number of nitrogens with zero attached hydrogens (tertiary/aromatic N) is 5. The number of benzene rings is 1. The molecule has 0 bridgehead atoms. The molecule has 1 amide bonds. The van der Waals surface area contributed by atoms with E-state index in [4.69, 9.17) is 4.74 Å². The smallest absolute Gasteiger partial charge is 0.409 e. The van der Waals surface area contributed by atoms with Crippen molar-refractivity contribution in [3.05, 3.63) is 48.3 Å². The number of piperazine rings is 1. The highest BCUT2D eigenvalue weighted by molar-refractivity contribution is 5.67. The van der Waals surface area contributed by atoms with Gasteiger partial charge < -0.3 is 9.64 Å². The van der Waals surface area contributed by atoms with Gasteiger partial charge in [-0.05, 0) is 50.1 Å². The van der Waals surface area contributed by atoms with E-state index >= 15 is 0 Å². The molecule has 0 unspecified atom stereocenters. The quantitative estimate of drug-likeness (QED) is 0.776. The van der Waals surface area contributed by atoms with Crippen molar-refractivity contribution in [3.8, 4) is 5.69 Å². The maximum atomic E-state index is 11.9. The largest absolute Gasteiger partial charge is 0.450 e. The third-order valence-electron chi connectivity index (χ3n) is 5.95. The lowest BCUT2D eigenvalue weighted by molar-refractivity contribution is 0.0412. The zero-order valence-corrected chi connectivity index (χ0v) is 17.2. The second kappa shape index (κ2) is 9.41. The number of ether oxygens (including phenoxy) is 1. The molecule has 0 radical (unpaired) electrons. The Morgan fingerprint density at radius 1 is 1.14 bits per heavy atom. The number of hydrogen-bond donors (Lipinski definition) is 0. The number of piperidine rings is 1. The van der Waals surface area contributed by atoms with E-state index in [2.05, 4.69) is 39.2 Å². The molecule has 1 aromatic carbocycles. The second-order valence-corrected chi connectivity index (χ2v) is 7.87. The summed E-state index contributed by atoms with van der Waals surface area (Å²) in [5.74, 6) is 0. The fourth-order valence-electron chi connectivity index (χ4n) is 4.39. The molecule has 4 rings (SSSR count). The summed E-state index contributed by atoms with van der Waals surface area (Å²) < 4.78 is 7.02. The van der Waals surface area contributed by atoms with Gasteiger partial charge in [-0.2, -0.15) is 5.10 Å². The van der Waals surface area contributed by atoms with Crippen molar-refractivity contribution in [2.24, 2.45) is 0 Å². The highest BCUT2D eigenvalue weighted by Crippen LogP contribution is 2.20. The summed E-state index contributed by atoms with van der Waals surface area (Å²) in [6.07, 6.45) is 6.07. The fourth-order valence-corrected chi connectivity index (χ4v) is 4.39. The molecule has 1 aromatic heterocycles. The molecule has 3 heterocycles. The van der Waals surface area contributed by atoms with Crippen molar-refractivity contribution < 1.29 is 9.53 Å². The Morgan fingerprint density at radius 2 is 1.93 bits per heavy atom. The third-order valence-corrected chi connectivity index (χ3v) is 5.95. The number of aromatic nitrogens is 2. The van der Waals surface area contributed by atoms with Crippen molar-refractivity contribution >= 4 is 6.09 Å². The molecule has 7 nitrogen and oxygen atoms in total. The molecule has 156 valence electrons. The SMILES string of the molecule is CCOC(=O)N1CCN([C@H]2CCCN(Cc3ccc(-n4cccn4)cc3)C2)CC1. The van der Waals surface area contributed by atoms with Gasteiger partial charge in [-0.15, -0.1) is 0 Å². The average Bonchev–Trinajstić information content (AvgIpc) is 3.30. The Labute approximate surface area is 172 Å². The highest BCUT2D eigenvalue weighted by atomic mass is 16.6. The molecule has 0 spiro atoms. The predicted molar refractivity (Wildman–Crippen MR) is 112 cm³/mol. The van der Waals surface area contributed by atoms with Gasteiger partial charge in [0.15, 0.2) is 0 Å². The summed E-state index contributed by atoms with van der Waals surface area (Å²) in [5.41, 5.74) is 2.43. The lowest BCUT2D eigenvalue weighted by Gasteiger charge is -2.43. The minimum atomic E-state index is -0.170. The van der Waals surface area contributed by atoms with Crippen LogP contribution < -0.4 is 0 Å². The van der Waals surface area contributed by atoms with Crippen LogP contribution >= 0.6 is 0 Å². The van der Waals surface area contributed by atoms with Crippen LogP contribution in [-0.2, 0) is 11.3 Å².